The first-order valence-electron chi connectivity index (χ1n) is 4.64. The van der Waals surface area contributed by atoms with E-state index in [0.717, 1.165) is 6.07 Å². The lowest BCUT2D eigenvalue weighted by atomic mass is 10.2. The summed E-state index contributed by atoms with van der Waals surface area (Å²) in [6.45, 7) is 0.998. The maximum absolute atomic E-state index is 13.3. The summed E-state index contributed by atoms with van der Waals surface area (Å²) in [5.74, 6) is 4.72. The van der Waals surface area contributed by atoms with Crippen LogP contribution in [0.15, 0.2) is 18.2 Å². The predicted octanol–water partition coefficient (Wildman–Crippen LogP) is 0.951. The van der Waals surface area contributed by atoms with Gasteiger partial charge in [0.1, 0.15) is 0 Å². The van der Waals surface area contributed by atoms with Crippen molar-refractivity contribution in [3.63, 3.8) is 0 Å². The number of anilines is 1. The van der Waals surface area contributed by atoms with Crippen LogP contribution in [-0.4, -0.2) is 30.1 Å². The highest BCUT2D eigenvalue weighted by Crippen LogP contribution is 2.19. The minimum absolute atomic E-state index is 0.229. The number of non-ortho nitro benzene ring substituents is 1. The molecule has 0 unspecified atom stereocenters. The molecule has 0 atom stereocenters. The Bertz CT molecular complexity index is 384. The van der Waals surface area contributed by atoms with Gasteiger partial charge < -0.3 is 5.32 Å². The van der Waals surface area contributed by atoms with E-state index in [2.05, 4.69) is 5.32 Å². The van der Waals surface area contributed by atoms with Gasteiger partial charge in [0, 0.05) is 26.2 Å². The SMILES string of the molecule is CN(N)CCNc1ccc([N+](=O)[O-])cc1F. The fourth-order valence-corrected chi connectivity index (χ4v) is 1.13. The van der Waals surface area contributed by atoms with Crippen LogP contribution in [-0.2, 0) is 0 Å². The van der Waals surface area contributed by atoms with Gasteiger partial charge in [0.05, 0.1) is 16.7 Å². The zero-order valence-corrected chi connectivity index (χ0v) is 8.81. The number of nitrogens with zero attached hydrogens (tertiary/aromatic N) is 2. The van der Waals surface area contributed by atoms with E-state index in [0.29, 0.717) is 13.1 Å². The third-order valence-electron chi connectivity index (χ3n) is 1.94. The van der Waals surface area contributed by atoms with Gasteiger partial charge in [-0.15, -0.1) is 0 Å². The van der Waals surface area contributed by atoms with Crippen LogP contribution in [0.4, 0.5) is 15.8 Å². The van der Waals surface area contributed by atoms with Crippen molar-refractivity contribution in [2.24, 2.45) is 5.84 Å². The lowest BCUT2D eigenvalue weighted by Crippen LogP contribution is -2.31. The molecule has 7 heteroatoms. The third-order valence-corrected chi connectivity index (χ3v) is 1.94. The van der Waals surface area contributed by atoms with Crippen molar-refractivity contribution in [2.45, 2.75) is 0 Å². The highest BCUT2D eigenvalue weighted by atomic mass is 19.1. The van der Waals surface area contributed by atoms with E-state index in [1.165, 1.54) is 17.1 Å². The van der Waals surface area contributed by atoms with Gasteiger partial charge >= 0.3 is 0 Å². The molecule has 0 saturated carbocycles. The molecule has 0 bridgehead atoms. The first-order valence-corrected chi connectivity index (χ1v) is 4.64. The van der Waals surface area contributed by atoms with Crippen LogP contribution in [0.5, 0.6) is 0 Å². The molecule has 3 N–H and O–H groups in total. The number of hydrazine groups is 1. The van der Waals surface area contributed by atoms with Gasteiger partial charge in [-0.1, -0.05) is 0 Å². The van der Waals surface area contributed by atoms with Crippen molar-refractivity contribution < 1.29 is 9.31 Å². The molecular weight excluding hydrogens is 215 g/mol. The second-order valence-corrected chi connectivity index (χ2v) is 3.33. The van der Waals surface area contributed by atoms with Gasteiger partial charge in [-0.05, 0) is 6.07 Å². The minimum atomic E-state index is -0.645. The Labute approximate surface area is 92.0 Å². The minimum Gasteiger partial charge on any atom is -0.381 e. The van der Waals surface area contributed by atoms with Gasteiger partial charge in [-0.2, -0.15) is 0 Å². The molecule has 0 saturated heterocycles. The predicted molar refractivity (Wildman–Crippen MR) is 58.4 cm³/mol. The summed E-state index contributed by atoms with van der Waals surface area (Å²) in [5, 5.41) is 14.6. The molecule has 88 valence electrons. The smallest absolute Gasteiger partial charge is 0.272 e. The van der Waals surface area contributed by atoms with Crippen LogP contribution < -0.4 is 11.2 Å². The lowest BCUT2D eigenvalue weighted by Gasteiger charge is -2.11. The molecule has 6 nitrogen and oxygen atoms in total. The van der Waals surface area contributed by atoms with E-state index in [1.807, 2.05) is 0 Å². The van der Waals surface area contributed by atoms with Crippen LogP contribution >= 0.6 is 0 Å². The molecule has 0 aliphatic heterocycles. The molecule has 0 radical (unpaired) electrons. The Hall–Kier alpha value is -1.73. The van der Waals surface area contributed by atoms with E-state index < -0.39 is 10.7 Å². The van der Waals surface area contributed by atoms with Crippen molar-refractivity contribution in [3.05, 3.63) is 34.1 Å². The Morgan fingerprint density at radius 3 is 2.81 bits per heavy atom. The largest absolute Gasteiger partial charge is 0.381 e. The maximum atomic E-state index is 13.3. The summed E-state index contributed by atoms with van der Waals surface area (Å²) < 4.78 is 13.3. The monoisotopic (exact) mass is 228 g/mol. The first-order chi connectivity index (χ1) is 7.50. The van der Waals surface area contributed by atoms with Crippen LogP contribution in [0.1, 0.15) is 0 Å². The summed E-state index contributed by atoms with van der Waals surface area (Å²) >= 11 is 0. The summed E-state index contributed by atoms with van der Waals surface area (Å²) in [7, 11) is 1.69. The second-order valence-electron chi connectivity index (χ2n) is 3.33. The molecule has 0 aromatic heterocycles. The number of nitrogens with two attached hydrogens (primary N) is 1. The lowest BCUT2D eigenvalue weighted by molar-refractivity contribution is -0.385. The van der Waals surface area contributed by atoms with Crippen LogP contribution in [0.25, 0.3) is 0 Å². The van der Waals surface area contributed by atoms with E-state index >= 15 is 0 Å². The van der Waals surface area contributed by atoms with Crippen molar-refractivity contribution in [2.75, 3.05) is 25.5 Å². The number of hydrogen-bond acceptors (Lipinski definition) is 5. The topological polar surface area (TPSA) is 84.4 Å². The summed E-state index contributed by atoms with van der Waals surface area (Å²) in [6.07, 6.45) is 0. The van der Waals surface area contributed by atoms with Crippen LogP contribution in [0, 0.1) is 15.9 Å². The number of nitro benzene ring substituents is 1. The van der Waals surface area contributed by atoms with Gasteiger partial charge in [0.25, 0.3) is 5.69 Å². The van der Waals surface area contributed by atoms with Crippen LogP contribution in [0.3, 0.4) is 0 Å². The van der Waals surface area contributed by atoms with E-state index in [-0.39, 0.29) is 11.4 Å². The summed E-state index contributed by atoms with van der Waals surface area (Å²) in [4.78, 5) is 9.72. The normalized spacial score (nSPS) is 10.5. The molecule has 16 heavy (non-hydrogen) atoms. The molecule has 1 aromatic rings. The first kappa shape index (κ1) is 12.3. The molecule has 0 amide bonds. The Balaban J connectivity index is 2.64. The molecule has 0 fully saturated rings. The number of nitro groups is 1. The number of halogens is 1. The molecule has 0 spiro atoms. The Kier molecular flexibility index (Phi) is 4.15. The Morgan fingerprint density at radius 2 is 2.31 bits per heavy atom. The Morgan fingerprint density at radius 1 is 1.62 bits per heavy atom. The van der Waals surface area contributed by atoms with Gasteiger partial charge in [0.15, 0.2) is 5.82 Å². The average Bonchev–Trinajstić information content (AvgIpc) is 2.19. The molecule has 0 aliphatic carbocycles. The number of nitrogens with one attached hydrogen (secondary N) is 1. The van der Waals surface area contributed by atoms with Gasteiger partial charge in [0.2, 0.25) is 0 Å². The number of benzene rings is 1. The zero-order chi connectivity index (χ0) is 12.1. The highest BCUT2D eigenvalue weighted by molar-refractivity contribution is 5.50. The zero-order valence-electron chi connectivity index (χ0n) is 8.81. The van der Waals surface area contributed by atoms with Crippen LogP contribution in [0.2, 0.25) is 0 Å². The third kappa shape index (κ3) is 3.44. The average molecular weight is 228 g/mol. The second kappa shape index (κ2) is 5.38. The summed E-state index contributed by atoms with van der Waals surface area (Å²) in [6, 6.07) is 3.47. The van der Waals surface area contributed by atoms with Gasteiger partial charge in [-0.3, -0.25) is 16.0 Å². The maximum Gasteiger partial charge on any atom is 0.272 e. The fraction of sp³-hybridized carbons (Fsp3) is 0.333. The quantitative estimate of drug-likeness (QED) is 0.445. The highest BCUT2D eigenvalue weighted by Gasteiger charge is 2.09. The van der Waals surface area contributed by atoms with Crippen molar-refractivity contribution >= 4 is 11.4 Å². The van der Waals surface area contributed by atoms with E-state index in [9.17, 15) is 14.5 Å². The van der Waals surface area contributed by atoms with Crippen molar-refractivity contribution in [3.8, 4) is 0 Å². The van der Waals surface area contributed by atoms with Crippen molar-refractivity contribution in [1.29, 1.82) is 0 Å². The standard InChI is InChI=1S/C9H13FN4O2/c1-13(11)5-4-12-9-3-2-7(14(15)16)6-8(9)10/h2-3,6,12H,4-5,11H2,1H3. The fourth-order valence-electron chi connectivity index (χ4n) is 1.13. The van der Waals surface area contributed by atoms with E-state index in [1.54, 1.807) is 7.05 Å². The number of likely N-dealkylation sites (N-methyl/N-ethyl adjacent to an activating group) is 1. The van der Waals surface area contributed by atoms with E-state index in [4.69, 9.17) is 5.84 Å². The molecule has 0 aliphatic rings. The molecule has 0 heterocycles. The summed E-state index contributed by atoms with van der Waals surface area (Å²) in [5.41, 5.74) is -0.0357. The van der Waals surface area contributed by atoms with Gasteiger partial charge in [-0.25, -0.2) is 9.40 Å². The molecule has 1 aromatic carbocycles. The number of rotatable bonds is 5. The number of hydrogen-bond donors (Lipinski definition) is 2. The molecular formula is C9H13FN4O2. The molecule has 1 rings (SSSR count). The van der Waals surface area contributed by atoms with Crippen molar-refractivity contribution in [1.82, 2.24) is 5.01 Å².